The number of carbonyl (C=O) groups is 2. The first kappa shape index (κ1) is 17.9. The van der Waals surface area contributed by atoms with Crippen molar-refractivity contribution >= 4 is 23.2 Å². The summed E-state index contributed by atoms with van der Waals surface area (Å²) >= 11 is 0. The number of anilines is 2. The maximum absolute atomic E-state index is 12.4. The molecule has 2 aliphatic heterocycles. The highest BCUT2D eigenvalue weighted by atomic mass is 16.5. The molecule has 0 aromatic heterocycles. The Morgan fingerprint density at radius 1 is 1.20 bits per heavy atom. The molecule has 2 aliphatic rings. The summed E-state index contributed by atoms with van der Waals surface area (Å²) in [5, 5.41) is 2.98. The molecule has 2 amide bonds. The van der Waals surface area contributed by atoms with Gasteiger partial charge in [-0.05, 0) is 51.0 Å². The fraction of sp³-hybridized carbons (Fsp3) is 0.579. The average molecular weight is 345 g/mol. The fourth-order valence-electron chi connectivity index (χ4n) is 4.01. The number of benzene rings is 1. The highest BCUT2D eigenvalue weighted by Crippen LogP contribution is 2.34. The summed E-state index contributed by atoms with van der Waals surface area (Å²) in [7, 11) is 0. The second-order valence-electron chi connectivity index (χ2n) is 7.29. The average Bonchev–Trinajstić information content (AvgIpc) is 2.80. The molecule has 0 spiro atoms. The third-order valence-corrected chi connectivity index (χ3v) is 4.78. The lowest BCUT2D eigenvalue weighted by Gasteiger charge is -2.34. The first-order valence-electron chi connectivity index (χ1n) is 8.94. The van der Waals surface area contributed by atoms with Crippen LogP contribution in [-0.4, -0.2) is 54.6 Å². The normalized spacial score (nSPS) is 26.4. The summed E-state index contributed by atoms with van der Waals surface area (Å²) in [5.74, 6) is 0.0364. The van der Waals surface area contributed by atoms with E-state index in [1.54, 1.807) is 6.92 Å². The zero-order valence-corrected chi connectivity index (χ0v) is 15.4. The Balaban J connectivity index is 1.63. The van der Waals surface area contributed by atoms with E-state index in [4.69, 9.17) is 4.74 Å². The van der Waals surface area contributed by atoms with E-state index in [-0.39, 0.29) is 30.1 Å². The van der Waals surface area contributed by atoms with E-state index in [1.165, 1.54) is 0 Å². The van der Waals surface area contributed by atoms with Gasteiger partial charge in [0.05, 0.1) is 18.8 Å². The van der Waals surface area contributed by atoms with Gasteiger partial charge in [0.1, 0.15) is 0 Å². The van der Waals surface area contributed by atoms with Gasteiger partial charge in [-0.2, -0.15) is 0 Å². The molecule has 1 saturated heterocycles. The molecule has 0 bridgehead atoms. The number of carbonyl (C=O) groups excluding carboxylic acids is 2. The molecule has 25 heavy (non-hydrogen) atoms. The number of hydrogen-bond donors (Lipinski definition) is 1. The number of morpholine rings is 1. The first-order chi connectivity index (χ1) is 11.8. The zero-order chi connectivity index (χ0) is 18.1. The van der Waals surface area contributed by atoms with Crippen LogP contribution < -0.4 is 10.2 Å². The van der Waals surface area contributed by atoms with Crippen LogP contribution in [0, 0.1) is 0 Å². The lowest BCUT2D eigenvalue weighted by Crippen LogP contribution is -2.48. The lowest BCUT2D eigenvalue weighted by atomic mass is 10.1. The molecule has 0 aliphatic carbocycles. The molecule has 3 atom stereocenters. The standard InChI is InChI=1S/C19H27N3O3/c1-12-7-16-8-17(5-6-18(16)22(12)15(4)23)20-19(24)11-21-9-13(2)25-14(3)10-21/h5-6,8,12-14H,7,9-11H2,1-4H3,(H,20,24)/t12-,13-,14+/m1/s1. The largest absolute Gasteiger partial charge is 0.373 e. The molecule has 0 saturated carbocycles. The van der Waals surface area contributed by atoms with Crippen LogP contribution in [0.2, 0.25) is 0 Å². The van der Waals surface area contributed by atoms with Gasteiger partial charge in [-0.1, -0.05) is 0 Å². The maximum atomic E-state index is 12.4. The van der Waals surface area contributed by atoms with Crippen LogP contribution in [0.1, 0.15) is 33.3 Å². The van der Waals surface area contributed by atoms with Crippen molar-refractivity contribution in [2.45, 2.75) is 52.4 Å². The zero-order valence-electron chi connectivity index (χ0n) is 15.4. The first-order valence-corrected chi connectivity index (χ1v) is 8.94. The summed E-state index contributed by atoms with van der Waals surface area (Å²) < 4.78 is 5.70. The highest BCUT2D eigenvalue weighted by molar-refractivity contribution is 5.96. The van der Waals surface area contributed by atoms with Crippen LogP contribution in [-0.2, 0) is 20.7 Å². The number of fused-ring (bicyclic) bond motifs is 1. The van der Waals surface area contributed by atoms with E-state index in [0.717, 1.165) is 36.4 Å². The molecule has 1 aromatic carbocycles. The summed E-state index contributed by atoms with van der Waals surface area (Å²) in [5.41, 5.74) is 2.85. The predicted octanol–water partition coefficient (Wildman–Crippen LogP) is 2.03. The van der Waals surface area contributed by atoms with Crippen molar-refractivity contribution in [1.82, 2.24) is 4.90 Å². The highest BCUT2D eigenvalue weighted by Gasteiger charge is 2.29. The van der Waals surface area contributed by atoms with Crippen LogP contribution in [0.3, 0.4) is 0 Å². The van der Waals surface area contributed by atoms with Gasteiger partial charge in [0.25, 0.3) is 0 Å². The van der Waals surface area contributed by atoms with Crippen LogP contribution in [0.5, 0.6) is 0 Å². The van der Waals surface area contributed by atoms with E-state index >= 15 is 0 Å². The molecular weight excluding hydrogens is 318 g/mol. The minimum absolute atomic E-state index is 0.0179. The van der Waals surface area contributed by atoms with E-state index in [9.17, 15) is 9.59 Å². The molecule has 6 nitrogen and oxygen atoms in total. The Morgan fingerprint density at radius 2 is 1.88 bits per heavy atom. The molecule has 136 valence electrons. The predicted molar refractivity (Wildman–Crippen MR) is 97.8 cm³/mol. The topological polar surface area (TPSA) is 61.9 Å². The van der Waals surface area contributed by atoms with E-state index in [2.05, 4.69) is 10.2 Å². The second kappa shape index (κ2) is 7.14. The molecule has 0 unspecified atom stereocenters. The molecule has 1 fully saturated rings. The van der Waals surface area contributed by atoms with Gasteiger partial charge in [-0.25, -0.2) is 0 Å². The lowest BCUT2D eigenvalue weighted by molar-refractivity contribution is -0.121. The number of nitrogens with one attached hydrogen (secondary N) is 1. The Morgan fingerprint density at radius 3 is 2.52 bits per heavy atom. The van der Waals surface area contributed by atoms with Crippen molar-refractivity contribution in [2.24, 2.45) is 0 Å². The molecule has 0 radical (unpaired) electrons. The number of nitrogens with zero attached hydrogens (tertiary/aromatic N) is 2. The van der Waals surface area contributed by atoms with Gasteiger partial charge in [0.2, 0.25) is 11.8 Å². The van der Waals surface area contributed by atoms with Crippen LogP contribution in [0.15, 0.2) is 18.2 Å². The molecule has 3 rings (SSSR count). The minimum Gasteiger partial charge on any atom is -0.373 e. The minimum atomic E-state index is -0.0179. The van der Waals surface area contributed by atoms with Crippen molar-refractivity contribution < 1.29 is 14.3 Å². The molecule has 2 heterocycles. The Labute approximate surface area is 149 Å². The summed E-state index contributed by atoms with van der Waals surface area (Å²) in [6.45, 7) is 9.60. The van der Waals surface area contributed by atoms with Crippen molar-refractivity contribution in [2.75, 3.05) is 29.9 Å². The van der Waals surface area contributed by atoms with Crippen molar-refractivity contribution in [3.8, 4) is 0 Å². The van der Waals surface area contributed by atoms with Gasteiger partial charge in [-0.15, -0.1) is 0 Å². The van der Waals surface area contributed by atoms with Crippen LogP contribution >= 0.6 is 0 Å². The summed E-state index contributed by atoms with van der Waals surface area (Å²) in [4.78, 5) is 28.1. The van der Waals surface area contributed by atoms with Gasteiger partial charge in [0.15, 0.2) is 0 Å². The number of ether oxygens (including phenoxy) is 1. The molecule has 1 N–H and O–H groups in total. The van der Waals surface area contributed by atoms with Crippen molar-refractivity contribution in [3.63, 3.8) is 0 Å². The maximum Gasteiger partial charge on any atom is 0.238 e. The van der Waals surface area contributed by atoms with Crippen LogP contribution in [0.4, 0.5) is 11.4 Å². The van der Waals surface area contributed by atoms with Gasteiger partial charge >= 0.3 is 0 Å². The van der Waals surface area contributed by atoms with Crippen molar-refractivity contribution in [3.05, 3.63) is 23.8 Å². The SMILES string of the molecule is CC(=O)N1c2ccc(NC(=O)CN3C[C@@H](C)O[C@@H](C)C3)cc2C[C@H]1C. The summed E-state index contributed by atoms with van der Waals surface area (Å²) in [6, 6.07) is 5.94. The quantitative estimate of drug-likeness (QED) is 0.911. The van der Waals surface area contributed by atoms with Crippen LogP contribution in [0.25, 0.3) is 0 Å². The Bertz CT molecular complexity index is 666. The fourth-order valence-corrected chi connectivity index (χ4v) is 4.01. The molecular formula is C19H27N3O3. The third kappa shape index (κ3) is 4.02. The van der Waals surface area contributed by atoms with Crippen molar-refractivity contribution in [1.29, 1.82) is 0 Å². The monoisotopic (exact) mass is 345 g/mol. The van der Waals surface area contributed by atoms with E-state index < -0.39 is 0 Å². The van der Waals surface area contributed by atoms with E-state index in [1.807, 2.05) is 43.9 Å². The Hall–Kier alpha value is -1.92. The third-order valence-electron chi connectivity index (χ3n) is 4.78. The number of rotatable bonds is 3. The Kier molecular flexibility index (Phi) is 5.11. The molecule has 6 heteroatoms. The second-order valence-corrected chi connectivity index (χ2v) is 7.29. The van der Waals surface area contributed by atoms with E-state index in [0.29, 0.717) is 6.54 Å². The number of hydrogen-bond acceptors (Lipinski definition) is 4. The van der Waals surface area contributed by atoms with Gasteiger partial charge in [0, 0.05) is 37.4 Å². The smallest absolute Gasteiger partial charge is 0.238 e. The number of amides is 2. The van der Waals surface area contributed by atoms with Gasteiger partial charge in [-0.3, -0.25) is 14.5 Å². The van der Waals surface area contributed by atoms with Gasteiger partial charge < -0.3 is 15.0 Å². The summed E-state index contributed by atoms with van der Waals surface area (Å²) in [6.07, 6.45) is 1.11. The molecule has 1 aromatic rings.